The first kappa shape index (κ1) is 23.9. The quantitative estimate of drug-likeness (QED) is 0.294. The molecular formula is C34H27NO3S. The Morgan fingerprint density at radius 2 is 1.49 bits per heavy atom. The van der Waals surface area contributed by atoms with E-state index < -0.39 is 15.4 Å². The van der Waals surface area contributed by atoms with E-state index in [1.165, 1.54) is 0 Å². The number of fused-ring (bicyclic) bond motifs is 3. The Hall–Kier alpha value is -4.22. The van der Waals surface area contributed by atoms with Gasteiger partial charge in [-0.05, 0) is 77.4 Å². The molecule has 0 fully saturated rings. The van der Waals surface area contributed by atoms with Crippen LogP contribution < -0.4 is 4.31 Å². The third-order valence-electron chi connectivity index (χ3n) is 8.30. The van der Waals surface area contributed by atoms with Crippen LogP contribution in [0.15, 0.2) is 108 Å². The van der Waals surface area contributed by atoms with Crippen LogP contribution in [0.3, 0.4) is 0 Å². The lowest BCUT2D eigenvalue weighted by molar-refractivity contribution is -0.116. The van der Waals surface area contributed by atoms with Gasteiger partial charge < -0.3 is 0 Å². The van der Waals surface area contributed by atoms with Crippen molar-refractivity contribution in [3.8, 4) is 0 Å². The third kappa shape index (κ3) is 3.29. The van der Waals surface area contributed by atoms with Gasteiger partial charge in [0.05, 0.1) is 10.6 Å². The SMILES string of the molecule is Cc1ccc(S(=O)(=O)N2CCCC3=C(c4ccccc4)[C@]4(C(=O)C=Cc5ccccc54)c4cccc2c43)cc1. The number of sulfonamides is 1. The van der Waals surface area contributed by atoms with Crippen LogP contribution >= 0.6 is 0 Å². The highest BCUT2D eigenvalue weighted by Gasteiger charge is 2.54. The molecule has 4 aromatic carbocycles. The minimum atomic E-state index is -3.81. The zero-order chi connectivity index (χ0) is 26.8. The second-order valence-electron chi connectivity index (χ2n) is 10.4. The number of rotatable bonds is 3. The predicted octanol–water partition coefficient (Wildman–Crippen LogP) is 6.79. The van der Waals surface area contributed by atoms with Crippen LogP contribution in [0.4, 0.5) is 5.69 Å². The van der Waals surface area contributed by atoms with E-state index in [1.807, 2.05) is 85.8 Å². The van der Waals surface area contributed by atoms with E-state index in [0.717, 1.165) is 44.5 Å². The number of ketones is 1. The number of carbonyl (C=O) groups is 1. The van der Waals surface area contributed by atoms with Gasteiger partial charge in [0, 0.05) is 12.1 Å². The molecule has 0 amide bonds. The largest absolute Gasteiger partial charge is 0.293 e. The Kier molecular flexibility index (Phi) is 5.29. The van der Waals surface area contributed by atoms with Crippen molar-refractivity contribution in [3.05, 3.63) is 137 Å². The lowest BCUT2D eigenvalue weighted by Gasteiger charge is -2.36. The number of hydrogen-bond donors (Lipinski definition) is 0. The zero-order valence-corrected chi connectivity index (χ0v) is 22.4. The summed E-state index contributed by atoms with van der Waals surface area (Å²) >= 11 is 0. The standard InChI is InChI=1S/C34H27NO3S/c1-23-16-19-26(20-17-23)39(37,38)35-22-8-12-27-32-29(14-7-15-30(32)35)34(33(27)25-10-3-2-4-11-25)28-13-6-5-9-24(28)18-21-31(34)36/h2-7,9-11,13-21H,8,12,22H2,1H3/t34-/m0/s1. The smallest absolute Gasteiger partial charge is 0.264 e. The fourth-order valence-electron chi connectivity index (χ4n) is 6.66. The second-order valence-corrected chi connectivity index (χ2v) is 12.3. The molecule has 0 saturated heterocycles. The van der Waals surface area contributed by atoms with Gasteiger partial charge in [0.25, 0.3) is 10.0 Å². The predicted molar refractivity (Wildman–Crippen MR) is 156 cm³/mol. The maximum Gasteiger partial charge on any atom is 0.264 e. The van der Waals surface area contributed by atoms with E-state index in [9.17, 15) is 13.2 Å². The highest BCUT2D eigenvalue weighted by atomic mass is 32.2. The van der Waals surface area contributed by atoms with Gasteiger partial charge in [-0.25, -0.2) is 8.42 Å². The summed E-state index contributed by atoms with van der Waals surface area (Å²) in [5, 5.41) is 0. The highest BCUT2D eigenvalue weighted by Crippen LogP contribution is 2.60. The summed E-state index contributed by atoms with van der Waals surface area (Å²) < 4.78 is 29.7. The number of anilines is 1. The van der Waals surface area contributed by atoms with Gasteiger partial charge in [-0.15, -0.1) is 0 Å². The molecule has 192 valence electrons. The van der Waals surface area contributed by atoms with E-state index in [-0.39, 0.29) is 10.7 Å². The molecule has 7 rings (SSSR count). The summed E-state index contributed by atoms with van der Waals surface area (Å²) in [7, 11) is -3.81. The van der Waals surface area contributed by atoms with Crippen LogP contribution in [0, 0.1) is 6.92 Å². The van der Waals surface area contributed by atoms with Crippen LogP contribution in [0.2, 0.25) is 0 Å². The Bertz CT molecular complexity index is 1820. The van der Waals surface area contributed by atoms with Gasteiger partial charge in [-0.1, -0.05) is 90.5 Å². The molecule has 3 aliphatic rings. The summed E-state index contributed by atoms with van der Waals surface area (Å²) in [6.07, 6.45) is 4.91. The van der Waals surface area contributed by atoms with Crippen molar-refractivity contribution >= 4 is 38.7 Å². The molecule has 4 aromatic rings. The summed E-state index contributed by atoms with van der Waals surface area (Å²) in [5.41, 5.74) is 7.33. The number of benzene rings is 4. The molecule has 5 heteroatoms. The lowest BCUT2D eigenvalue weighted by atomic mass is 9.63. The first-order valence-corrected chi connectivity index (χ1v) is 14.7. The summed E-state index contributed by atoms with van der Waals surface area (Å²) in [6.45, 7) is 2.32. The van der Waals surface area contributed by atoms with Crippen LogP contribution in [0.5, 0.6) is 0 Å². The number of allylic oxidation sites excluding steroid dienone is 3. The van der Waals surface area contributed by atoms with Crippen molar-refractivity contribution < 1.29 is 13.2 Å². The van der Waals surface area contributed by atoms with Crippen molar-refractivity contribution in [1.82, 2.24) is 0 Å². The number of hydrogen-bond acceptors (Lipinski definition) is 3. The van der Waals surface area contributed by atoms with Crippen molar-refractivity contribution in [1.29, 1.82) is 0 Å². The van der Waals surface area contributed by atoms with Gasteiger partial charge in [-0.2, -0.15) is 0 Å². The molecule has 1 spiro atoms. The minimum Gasteiger partial charge on any atom is -0.293 e. The second kappa shape index (κ2) is 8.65. The van der Waals surface area contributed by atoms with Crippen LogP contribution in [-0.2, 0) is 20.2 Å². The van der Waals surface area contributed by atoms with Crippen molar-refractivity contribution in [2.45, 2.75) is 30.1 Å². The number of aryl methyl sites for hydroxylation is 1. The molecule has 0 radical (unpaired) electrons. The van der Waals surface area contributed by atoms with E-state index in [4.69, 9.17) is 0 Å². The van der Waals surface area contributed by atoms with Crippen molar-refractivity contribution in [3.63, 3.8) is 0 Å². The van der Waals surface area contributed by atoms with E-state index in [2.05, 4.69) is 12.1 Å². The molecular weight excluding hydrogens is 502 g/mol. The Balaban J connectivity index is 1.56. The molecule has 0 N–H and O–H groups in total. The van der Waals surface area contributed by atoms with Gasteiger partial charge in [0.1, 0.15) is 5.41 Å². The monoisotopic (exact) mass is 529 g/mol. The molecule has 4 nitrogen and oxygen atoms in total. The number of nitrogens with zero attached hydrogens (tertiary/aromatic N) is 1. The average molecular weight is 530 g/mol. The van der Waals surface area contributed by atoms with E-state index in [1.54, 1.807) is 22.5 Å². The first-order valence-electron chi connectivity index (χ1n) is 13.3. The molecule has 1 atom stereocenters. The van der Waals surface area contributed by atoms with Crippen molar-refractivity contribution in [2.75, 3.05) is 10.8 Å². The Morgan fingerprint density at radius 3 is 2.28 bits per heavy atom. The maximum absolute atomic E-state index is 14.3. The van der Waals surface area contributed by atoms with E-state index >= 15 is 0 Å². The normalized spacial score (nSPS) is 19.7. The minimum absolute atomic E-state index is 0.00182. The van der Waals surface area contributed by atoms with Gasteiger partial charge in [0.2, 0.25) is 0 Å². The molecule has 1 aliphatic heterocycles. The molecule has 1 heterocycles. The maximum atomic E-state index is 14.3. The topological polar surface area (TPSA) is 54.5 Å². The Morgan fingerprint density at radius 1 is 0.769 bits per heavy atom. The third-order valence-corrected chi connectivity index (χ3v) is 10.1. The fraction of sp³-hybridized carbons (Fsp3) is 0.147. The molecule has 0 unspecified atom stereocenters. The van der Waals surface area contributed by atoms with Gasteiger partial charge >= 0.3 is 0 Å². The zero-order valence-electron chi connectivity index (χ0n) is 21.6. The summed E-state index contributed by atoms with van der Waals surface area (Å²) in [6, 6.07) is 31.0. The fourth-order valence-corrected chi connectivity index (χ4v) is 8.17. The molecule has 0 bridgehead atoms. The molecule has 0 aromatic heterocycles. The lowest BCUT2D eigenvalue weighted by Crippen LogP contribution is -2.39. The van der Waals surface area contributed by atoms with Crippen LogP contribution in [0.25, 0.3) is 17.2 Å². The van der Waals surface area contributed by atoms with E-state index in [0.29, 0.717) is 25.1 Å². The van der Waals surface area contributed by atoms with Gasteiger partial charge in [0.15, 0.2) is 5.78 Å². The number of carbonyl (C=O) groups excluding carboxylic acids is 1. The summed E-state index contributed by atoms with van der Waals surface area (Å²) in [5.74, 6) is 0.00182. The Labute approximate surface area is 229 Å². The van der Waals surface area contributed by atoms with Crippen molar-refractivity contribution in [2.24, 2.45) is 0 Å². The van der Waals surface area contributed by atoms with Gasteiger partial charge in [-0.3, -0.25) is 9.10 Å². The molecule has 0 saturated carbocycles. The summed E-state index contributed by atoms with van der Waals surface area (Å²) in [4.78, 5) is 14.6. The van der Waals surface area contributed by atoms with Crippen LogP contribution in [0.1, 0.15) is 46.2 Å². The molecule has 2 aliphatic carbocycles. The highest BCUT2D eigenvalue weighted by molar-refractivity contribution is 7.92. The first-order chi connectivity index (χ1) is 18.9. The average Bonchev–Trinajstić information content (AvgIpc) is 3.10. The molecule has 39 heavy (non-hydrogen) atoms. The van der Waals surface area contributed by atoms with Crippen LogP contribution in [-0.4, -0.2) is 20.7 Å².